The van der Waals surface area contributed by atoms with E-state index in [4.69, 9.17) is 9.47 Å². The summed E-state index contributed by atoms with van der Waals surface area (Å²) in [6, 6.07) is 0.486. The van der Waals surface area contributed by atoms with E-state index in [-0.39, 0.29) is 5.41 Å². The van der Waals surface area contributed by atoms with Gasteiger partial charge in [-0.1, -0.05) is 13.8 Å². The molecule has 0 aromatic heterocycles. The standard InChI is InChI=1S/C18H31N3O2/c1-17(2)14(13-4-9-23-15(13)17)20-16(19-3)21-8-5-18(12-21)6-10-22-11-7-18/h13-15H,4-12H2,1-3H3,(H,19,20). The fraction of sp³-hybridized carbons (Fsp3) is 0.944. The summed E-state index contributed by atoms with van der Waals surface area (Å²) in [5.41, 5.74) is 0.664. The summed E-state index contributed by atoms with van der Waals surface area (Å²) in [5.74, 6) is 1.75. The summed E-state index contributed by atoms with van der Waals surface area (Å²) in [6.07, 6.45) is 5.30. The van der Waals surface area contributed by atoms with Crippen molar-refractivity contribution in [3.8, 4) is 0 Å². The Morgan fingerprint density at radius 3 is 2.70 bits per heavy atom. The van der Waals surface area contributed by atoms with E-state index in [0.717, 1.165) is 38.9 Å². The van der Waals surface area contributed by atoms with Crippen molar-refractivity contribution in [3.05, 3.63) is 0 Å². The number of likely N-dealkylation sites (tertiary alicyclic amines) is 1. The van der Waals surface area contributed by atoms with Crippen molar-refractivity contribution in [1.82, 2.24) is 10.2 Å². The van der Waals surface area contributed by atoms with Crippen LogP contribution < -0.4 is 5.32 Å². The molecule has 4 fully saturated rings. The molecule has 4 rings (SSSR count). The average Bonchev–Trinajstić information content (AvgIpc) is 3.16. The van der Waals surface area contributed by atoms with E-state index in [2.05, 4.69) is 29.1 Å². The lowest BCUT2D eigenvalue weighted by Gasteiger charge is -2.55. The fourth-order valence-electron chi connectivity index (χ4n) is 5.38. The Hall–Kier alpha value is -0.810. The molecule has 3 saturated heterocycles. The maximum atomic E-state index is 5.92. The number of rotatable bonds is 1. The van der Waals surface area contributed by atoms with E-state index in [1.807, 2.05) is 7.05 Å². The van der Waals surface area contributed by atoms with Crippen LogP contribution in [0.2, 0.25) is 0 Å². The van der Waals surface area contributed by atoms with E-state index < -0.39 is 0 Å². The zero-order chi connectivity index (χ0) is 16.1. The minimum atomic E-state index is 0.202. The number of nitrogens with one attached hydrogen (secondary N) is 1. The van der Waals surface area contributed by atoms with Crippen LogP contribution in [-0.2, 0) is 9.47 Å². The molecule has 1 saturated carbocycles. The maximum Gasteiger partial charge on any atom is 0.193 e. The molecule has 3 unspecified atom stereocenters. The number of aliphatic imine (C=N–C) groups is 1. The first kappa shape index (κ1) is 15.7. The van der Waals surface area contributed by atoms with Crippen LogP contribution in [0.15, 0.2) is 4.99 Å². The summed E-state index contributed by atoms with van der Waals surface area (Å²) in [7, 11) is 1.92. The quantitative estimate of drug-likeness (QED) is 0.592. The highest BCUT2D eigenvalue weighted by Crippen LogP contribution is 2.52. The first-order valence-corrected chi connectivity index (χ1v) is 9.23. The van der Waals surface area contributed by atoms with E-state index in [0.29, 0.717) is 23.5 Å². The normalized spacial score (nSPS) is 38.5. The molecule has 1 N–H and O–H groups in total. The molecule has 0 radical (unpaired) electrons. The molecule has 5 heteroatoms. The van der Waals surface area contributed by atoms with Crippen molar-refractivity contribution in [2.75, 3.05) is 40.0 Å². The Bertz CT molecular complexity index is 485. The van der Waals surface area contributed by atoms with Crippen LogP contribution in [0, 0.1) is 16.7 Å². The largest absolute Gasteiger partial charge is 0.381 e. The van der Waals surface area contributed by atoms with Crippen molar-refractivity contribution in [2.24, 2.45) is 21.7 Å². The Morgan fingerprint density at radius 1 is 1.17 bits per heavy atom. The molecule has 130 valence electrons. The lowest BCUT2D eigenvalue weighted by molar-refractivity contribution is -0.107. The summed E-state index contributed by atoms with van der Waals surface area (Å²) in [4.78, 5) is 7.09. The topological polar surface area (TPSA) is 46.1 Å². The van der Waals surface area contributed by atoms with E-state index in [9.17, 15) is 0 Å². The van der Waals surface area contributed by atoms with Crippen LogP contribution in [0.25, 0.3) is 0 Å². The zero-order valence-corrected chi connectivity index (χ0v) is 14.8. The number of ether oxygens (including phenoxy) is 2. The molecule has 0 bridgehead atoms. The third kappa shape index (κ3) is 2.47. The lowest BCUT2D eigenvalue weighted by atomic mass is 9.57. The number of guanidine groups is 1. The highest BCUT2D eigenvalue weighted by atomic mass is 16.5. The van der Waals surface area contributed by atoms with Gasteiger partial charge in [-0.25, -0.2) is 0 Å². The third-order valence-electron chi connectivity index (χ3n) is 6.89. The van der Waals surface area contributed by atoms with Gasteiger partial charge in [0.15, 0.2) is 5.96 Å². The van der Waals surface area contributed by atoms with Crippen molar-refractivity contribution in [2.45, 2.75) is 51.7 Å². The SMILES string of the molecule is CN=C(NC1C2CCOC2C1(C)C)N1CCC2(CCOCC2)C1. The number of nitrogens with zero attached hydrogens (tertiary/aromatic N) is 2. The summed E-state index contributed by atoms with van der Waals surface area (Å²) < 4.78 is 11.5. The summed E-state index contributed by atoms with van der Waals surface area (Å²) in [6.45, 7) is 9.68. The van der Waals surface area contributed by atoms with Gasteiger partial charge >= 0.3 is 0 Å². The van der Waals surface area contributed by atoms with Gasteiger partial charge in [0.1, 0.15) is 0 Å². The van der Waals surface area contributed by atoms with Crippen molar-refractivity contribution in [1.29, 1.82) is 0 Å². The second kappa shape index (κ2) is 5.62. The van der Waals surface area contributed by atoms with Crippen LogP contribution in [0.3, 0.4) is 0 Å². The molecule has 1 spiro atoms. The number of hydrogen-bond donors (Lipinski definition) is 1. The Balaban J connectivity index is 1.42. The number of fused-ring (bicyclic) bond motifs is 1. The van der Waals surface area contributed by atoms with Crippen LogP contribution >= 0.6 is 0 Å². The minimum absolute atomic E-state index is 0.202. The first-order valence-electron chi connectivity index (χ1n) is 9.23. The average molecular weight is 321 g/mol. The molecule has 3 atom stereocenters. The predicted octanol–water partition coefficient (Wildman–Crippen LogP) is 1.88. The molecule has 4 aliphatic rings. The van der Waals surface area contributed by atoms with Gasteiger partial charge in [0.2, 0.25) is 0 Å². The summed E-state index contributed by atoms with van der Waals surface area (Å²) in [5, 5.41) is 3.79. The smallest absolute Gasteiger partial charge is 0.193 e. The Labute approximate surface area is 139 Å². The predicted molar refractivity (Wildman–Crippen MR) is 90.6 cm³/mol. The van der Waals surface area contributed by atoms with Crippen LogP contribution in [-0.4, -0.2) is 63.0 Å². The molecule has 3 heterocycles. The maximum absolute atomic E-state index is 5.92. The van der Waals surface area contributed by atoms with E-state index in [1.165, 1.54) is 25.7 Å². The highest BCUT2D eigenvalue weighted by molar-refractivity contribution is 5.81. The Kier molecular flexibility index (Phi) is 3.84. The van der Waals surface area contributed by atoms with E-state index >= 15 is 0 Å². The first-order chi connectivity index (χ1) is 11.1. The summed E-state index contributed by atoms with van der Waals surface area (Å²) >= 11 is 0. The molecular formula is C18H31N3O2. The minimum Gasteiger partial charge on any atom is -0.381 e. The molecular weight excluding hydrogens is 290 g/mol. The molecule has 5 nitrogen and oxygen atoms in total. The zero-order valence-electron chi connectivity index (χ0n) is 14.8. The Morgan fingerprint density at radius 2 is 1.96 bits per heavy atom. The van der Waals surface area contributed by atoms with Gasteiger partial charge in [-0.3, -0.25) is 4.99 Å². The van der Waals surface area contributed by atoms with Crippen molar-refractivity contribution >= 4 is 5.96 Å². The van der Waals surface area contributed by atoms with Crippen LogP contribution in [0.4, 0.5) is 0 Å². The molecule has 0 aromatic carbocycles. The second-order valence-electron chi connectivity index (χ2n) is 8.52. The molecule has 3 aliphatic heterocycles. The van der Waals surface area contributed by atoms with Gasteiger partial charge in [-0.15, -0.1) is 0 Å². The molecule has 0 aromatic rings. The second-order valence-corrected chi connectivity index (χ2v) is 8.52. The van der Waals surface area contributed by atoms with Crippen molar-refractivity contribution in [3.63, 3.8) is 0 Å². The van der Waals surface area contributed by atoms with Crippen LogP contribution in [0.1, 0.15) is 39.5 Å². The molecule has 0 amide bonds. The molecule has 23 heavy (non-hydrogen) atoms. The highest BCUT2D eigenvalue weighted by Gasteiger charge is 2.59. The van der Waals surface area contributed by atoms with E-state index in [1.54, 1.807) is 0 Å². The van der Waals surface area contributed by atoms with Gasteiger partial charge in [0.25, 0.3) is 0 Å². The lowest BCUT2D eigenvalue weighted by Crippen LogP contribution is -2.68. The number of hydrogen-bond acceptors (Lipinski definition) is 3. The van der Waals surface area contributed by atoms with Crippen molar-refractivity contribution < 1.29 is 9.47 Å². The van der Waals surface area contributed by atoms with Gasteiger partial charge in [-0.2, -0.15) is 0 Å². The third-order valence-corrected chi connectivity index (χ3v) is 6.89. The van der Waals surface area contributed by atoms with Gasteiger partial charge in [0, 0.05) is 57.3 Å². The van der Waals surface area contributed by atoms with Gasteiger partial charge in [-0.05, 0) is 31.1 Å². The van der Waals surface area contributed by atoms with Gasteiger partial charge in [0.05, 0.1) is 6.10 Å². The van der Waals surface area contributed by atoms with Crippen LogP contribution in [0.5, 0.6) is 0 Å². The van der Waals surface area contributed by atoms with Gasteiger partial charge < -0.3 is 19.7 Å². The molecule has 1 aliphatic carbocycles. The monoisotopic (exact) mass is 321 g/mol. The fourth-order valence-corrected chi connectivity index (χ4v) is 5.38.